The predicted octanol–water partition coefficient (Wildman–Crippen LogP) is 4.01. The Kier molecular flexibility index (Phi) is 4.82. The molecule has 2 aromatic carbocycles. The molecule has 0 atom stereocenters. The molecular weight excluding hydrogens is 360 g/mol. The van der Waals surface area contributed by atoms with Crippen molar-refractivity contribution in [3.8, 4) is 5.75 Å². The van der Waals surface area contributed by atoms with Crippen LogP contribution in [0.4, 0.5) is 11.4 Å². The van der Waals surface area contributed by atoms with Gasteiger partial charge in [-0.1, -0.05) is 36.1 Å². The summed E-state index contributed by atoms with van der Waals surface area (Å²) in [6.07, 6.45) is 1.50. The summed E-state index contributed by atoms with van der Waals surface area (Å²) in [7, 11) is 1.56. The second-order valence-corrected chi connectivity index (χ2v) is 6.71. The maximum absolute atomic E-state index is 12.7. The van der Waals surface area contributed by atoms with Gasteiger partial charge in [0, 0.05) is 6.07 Å². The van der Waals surface area contributed by atoms with Gasteiger partial charge in [-0.3, -0.25) is 19.8 Å². The summed E-state index contributed by atoms with van der Waals surface area (Å²) in [6, 6.07) is 13.2. The first-order chi connectivity index (χ1) is 12.0. The monoisotopic (exact) mass is 372 g/mol. The van der Waals surface area contributed by atoms with Gasteiger partial charge >= 0.3 is 0 Å². The number of methoxy groups -OCH3 is 1. The maximum atomic E-state index is 12.7. The lowest BCUT2D eigenvalue weighted by Gasteiger charge is -2.14. The molecule has 2 aromatic rings. The van der Waals surface area contributed by atoms with Crippen LogP contribution in [0.25, 0.3) is 6.08 Å². The van der Waals surface area contributed by atoms with Gasteiger partial charge < -0.3 is 4.74 Å². The molecule has 0 saturated carbocycles. The number of rotatable bonds is 4. The number of anilines is 1. The number of benzene rings is 2. The lowest BCUT2D eigenvalue weighted by Crippen LogP contribution is -2.27. The molecular formula is C17H12N2O4S2. The quantitative estimate of drug-likeness (QED) is 0.349. The molecule has 0 aromatic heterocycles. The topological polar surface area (TPSA) is 72.7 Å². The van der Waals surface area contributed by atoms with Crippen LogP contribution in [0.5, 0.6) is 5.75 Å². The van der Waals surface area contributed by atoms with E-state index in [4.69, 9.17) is 17.0 Å². The van der Waals surface area contributed by atoms with Crippen molar-refractivity contribution >= 4 is 51.7 Å². The highest BCUT2D eigenvalue weighted by Crippen LogP contribution is 2.37. The third-order valence-electron chi connectivity index (χ3n) is 3.54. The van der Waals surface area contributed by atoms with Gasteiger partial charge in [-0.15, -0.1) is 0 Å². The van der Waals surface area contributed by atoms with Crippen molar-refractivity contribution in [2.24, 2.45) is 0 Å². The molecule has 0 unspecified atom stereocenters. The Hall–Kier alpha value is -2.71. The Balaban J connectivity index is 1.94. The van der Waals surface area contributed by atoms with Gasteiger partial charge in [-0.25, -0.2) is 0 Å². The second kappa shape index (κ2) is 7.04. The Morgan fingerprint density at radius 2 is 1.88 bits per heavy atom. The zero-order chi connectivity index (χ0) is 18.0. The van der Waals surface area contributed by atoms with Crippen LogP contribution in [-0.2, 0) is 4.79 Å². The van der Waals surface area contributed by atoms with Crippen LogP contribution in [-0.4, -0.2) is 22.3 Å². The van der Waals surface area contributed by atoms with Crippen molar-refractivity contribution in [1.82, 2.24) is 0 Å². The van der Waals surface area contributed by atoms with E-state index in [0.29, 0.717) is 26.2 Å². The van der Waals surface area contributed by atoms with E-state index < -0.39 is 4.92 Å². The summed E-state index contributed by atoms with van der Waals surface area (Å²) in [6.45, 7) is 0. The van der Waals surface area contributed by atoms with E-state index in [1.165, 1.54) is 17.0 Å². The van der Waals surface area contributed by atoms with Crippen molar-refractivity contribution in [2.45, 2.75) is 0 Å². The molecule has 3 rings (SSSR count). The van der Waals surface area contributed by atoms with Crippen LogP contribution in [0.3, 0.4) is 0 Å². The molecule has 1 aliphatic heterocycles. The number of amides is 1. The van der Waals surface area contributed by atoms with E-state index in [9.17, 15) is 14.9 Å². The van der Waals surface area contributed by atoms with E-state index >= 15 is 0 Å². The highest BCUT2D eigenvalue weighted by atomic mass is 32.2. The maximum Gasteiger partial charge on any atom is 0.276 e. The zero-order valence-electron chi connectivity index (χ0n) is 13.0. The fourth-order valence-corrected chi connectivity index (χ4v) is 3.63. The van der Waals surface area contributed by atoms with Crippen LogP contribution < -0.4 is 9.64 Å². The van der Waals surface area contributed by atoms with Crippen LogP contribution >= 0.6 is 24.0 Å². The molecule has 0 bridgehead atoms. The second-order valence-electron chi connectivity index (χ2n) is 5.03. The Morgan fingerprint density at radius 1 is 1.20 bits per heavy atom. The van der Waals surface area contributed by atoms with Gasteiger partial charge in [0.1, 0.15) is 5.75 Å². The number of nitrogens with zero attached hydrogens (tertiary/aromatic N) is 2. The normalized spacial score (nSPS) is 15.7. The average Bonchev–Trinajstić information content (AvgIpc) is 2.89. The number of thiocarbonyl (C=S) groups is 1. The van der Waals surface area contributed by atoms with Gasteiger partial charge in [0.2, 0.25) is 0 Å². The van der Waals surface area contributed by atoms with Crippen molar-refractivity contribution in [3.63, 3.8) is 0 Å². The SMILES string of the molecule is COc1ccc(N2C(=O)/C(=C/c3ccccc3[N+](=O)[O-])SC2=S)cc1. The van der Waals surface area contributed by atoms with Gasteiger partial charge in [-0.05, 0) is 36.4 Å². The molecule has 6 nitrogen and oxygen atoms in total. The van der Waals surface area contributed by atoms with E-state index in [2.05, 4.69) is 0 Å². The summed E-state index contributed by atoms with van der Waals surface area (Å²) >= 11 is 6.42. The van der Waals surface area contributed by atoms with E-state index in [0.717, 1.165) is 11.8 Å². The fourth-order valence-electron chi connectivity index (χ4n) is 2.34. The molecule has 0 radical (unpaired) electrons. The number of carbonyl (C=O) groups excluding carboxylic acids is 1. The predicted molar refractivity (Wildman–Crippen MR) is 102 cm³/mol. The number of nitro benzene ring substituents is 1. The van der Waals surface area contributed by atoms with Crippen molar-refractivity contribution in [1.29, 1.82) is 0 Å². The molecule has 1 saturated heterocycles. The van der Waals surface area contributed by atoms with Crippen LogP contribution in [0.15, 0.2) is 53.4 Å². The number of carbonyl (C=O) groups is 1. The summed E-state index contributed by atoms with van der Waals surface area (Å²) in [5, 5.41) is 11.1. The molecule has 0 N–H and O–H groups in total. The van der Waals surface area contributed by atoms with Crippen LogP contribution in [0, 0.1) is 10.1 Å². The average molecular weight is 372 g/mol. The highest BCUT2D eigenvalue weighted by Gasteiger charge is 2.33. The summed E-state index contributed by atoms with van der Waals surface area (Å²) in [4.78, 5) is 25.1. The molecule has 0 aliphatic carbocycles. The van der Waals surface area contributed by atoms with Crippen molar-refractivity contribution in [2.75, 3.05) is 12.0 Å². The van der Waals surface area contributed by atoms with Gasteiger partial charge in [0.25, 0.3) is 11.6 Å². The minimum atomic E-state index is -0.476. The molecule has 1 aliphatic rings. The number of thioether (sulfide) groups is 1. The molecule has 126 valence electrons. The lowest BCUT2D eigenvalue weighted by atomic mass is 10.1. The third kappa shape index (κ3) is 3.40. The first-order valence-corrected chi connectivity index (χ1v) is 8.39. The molecule has 8 heteroatoms. The first kappa shape index (κ1) is 17.1. The highest BCUT2D eigenvalue weighted by molar-refractivity contribution is 8.27. The number of hydrogen-bond donors (Lipinski definition) is 0. The summed E-state index contributed by atoms with van der Waals surface area (Å²) < 4.78 is 5.48. The molecule has 25 heavy (non-hydrogen) atoms. The largest absolute Gasteiger partial charge is 0.497 e. The van der Waals surface area contributed by atoms with Gasteiger partial charge in [0.05, 0.1) is 28.2 Å². The standard InChI is InChI=1S/C17H12N2O4S2/c1-23-13-8-6-12(7-9-13)18-16(20)15(25-17(18)24)10-11-4-2-3-5-14(11)19(21)22/h2-10H,1H3/b15-10-. The fraction of sp³-hybridized carbons (Fsp3) is 0.0588. The lowest BCUT2D eigenvalue weighted by molar-refractivity contribution is -0.385. The van der Waals surface area contributed by atoms with Crippen molar-refractivity contribution in [3.05, 3.63) is 69.1 Å². The molecule has 1 heterocycles. The third-order valence-corrected chi connectivity index (χ3v) is 4.85. The number of ether oxygens (including phenoxy) is 1. The minimum absolute atomic E-state index is 0.0581. The smallest absolute Gasteiger partial charge is 0.276 e. The van der Waals surface area contributed by atoms with E-state index in [1.807, 2.05) is 0 Å². The zero-order valence-corrected chi connectivity index (χ0v) is 14.7. The van der Waals surface area contributed by atoms with Crippen molar-refractivity contribution < 1.29 is 14.5 Å². The van der Waals surface area contributed by atoms with Gasteiger partial charge in [0.15, 0.2) is 4.32 Å². The van der Waals surface area contributed by atoms with Crippen LogP contribution in [0.1, 0.15) is 5.56 Å². The Morgan fingerprint density at radius 3 is 2.52 bits per heavy atom. The minimum Gasteiger partial charge on any atom is -0.497 e. The van der Waals surface area contributed by atoms with E-state index in [1.54, 1.807) is 49.6 Å². The number of nitro groups is 1. The summed E-state index contributed by atoms with van der Waals surface area (Å²) in [5.41, 5.74) is 0.925. The number of hydrogen-bond acceptors (Lipinski definition) is 6. The Labute approximate surface area is 153 Å². The summed E-state index contributed by atoms with van der Waals surface area (Å²) in [5.74, 6) is 0.364. The Bertz CT molecular complexity index is 894. The van der Waals surface area contributed by atoms with E-state index in [-0.39, 0.29) is 11.6 Å². The van der Waals surface area contributed by atoms with Gasteiger partial charge in [-0.2, -0.15) is 0 Å². The van der Waals surface area contributed by atoms with Crippen LogP contribution in [0.2, 0.25) is 0 Å². The number of para-hydroxylation sites is 1. The first-order valence-electron chi connectivity index (χ1n) is 7.16. The molecule has 1 fully saturated rings. The molecule has 1 amide bonds. The molecule has 0 spiro atoms.